The van der Waals surface area contributed by atoms with Gasteiger partial charge in [0.2, 0.25) is 0 Å². The Morgan fingerprint density at radius 2 is 1.89 bits per heavy atom. The standard InChI is InChI=1S/C5H7N3.CH4/c1-4-3-6-5(2)8-7-4;/h3H,1-2H3;1H4. The lowest BCUT2D eigenvalue weighted by Crippen LogP contribution is -1.91. The molecule has 0 saturated carbocycles. The summed E-state index contributed by atoms with van der Waals surface area (Å²) in [6.07, 6.45) is 1.70. The van der Waals surface area contributed by atoms with Crippen LogP contribution in [-0.2, 0) is 0 Å². The molecule has 0 radical (unpaired) electrons. The van der Waals surface area contributed by atoms with Gasteiger partial charge in [-0.1, -0.05) is 7.43 Å². The molecule has 0 aliphatic heterocycles. The van der Waals surface area contributed by atoms with E-state index in [9.17, 15) is 0 Å². The average molecular weight is 125 g/mol. The number of aromatic nitrogens is 3. The topological polar surface area (TPSA) is 38.7 Å². The summed E-state index contributed by atoms with van der Waals surface area (Å²) in [7, 11) is 0. The van der Waals surface area contributed by atoms with Crippen molar-refractivity contribution in [1.29, 1.82) is 0 Å². The summed E-state index contributed by atoms with van der Waals surface area (Å²) in [6.45, 7) is 3.67. The van der Waals surface area contributed by atoms with Gasteiger partial charge in [-0.25, -0.2) is 4.98 Å². The molecule has 1 rings (SSSR count). The van der Waals surface area contributed by atoms with Crippen LogP contribution in [0.5, 0.6) is 0 Å². The minimum Gasteiger partial charge on any atom is -0.238 e. The minimum absolute atomic E-state index is 0. The van der Waals surface area contributed by atoms with Gasteiger partial charge in [-0.2, -0.15) is 5.10 Å². The summed E-state index contributed by atoms with van der Waals surface area (Å²) in [4.78, 5) is 3.91. The van der Waals surface area contributed by atoms with Crippen molar-refractivity contribution in [2.45, 2.75) is 21.3 Å². The van der Waals surface area contributed by atoms with Crippen molar-refractivity contribution in [2.75, 3.05) is 0 Å². The molecule has 1 aromatic rings. The quantitative estimate of drug-likeness (QED) is 0.521. The summed E-state index contributed by atoms with van der Waals surface area (Å²) < 4.78 is 0. The van der Waals surface area contributed by atoms with E-state index >= 15 is 0 Å². The highest BCUT2D eigenvalue weighted by molar-refractivity contribution is 4.88. The molecule has 1 heterocycles. The zero-order valence-corrected chi connectivity index (χ0v) is 4.92. The number of aryl methyl sites for hydroxylation is 2. The zero-order valence-electron chi connectivity index (χ0n) is 4.92. The number of nitrogens with zero attached hydrogens (tertiary/aromatic N) is 3. The lowest BCUT2D eigenvalue weighted by molar-refractivity contribution is 0.874. The summed E-state index contributed by atoms with van der Waals surface area (Å²) in [5.41, 5.74) is 0.857. The van der Waals surface area contributed by atoms with Crippen LogP contribution in [0.2, 0.25) is 0 Å². The van der Waals surface area contributed by atoms with Gasteiger partial charge in [0.1, 0.15) is 5.82 Å². The van der Waals surface area contributed by atoms with Crippen LogP contribution in [-0.4, -0.2) is 15.2 Å². The second-order valence-electron chi connectivity index (χ2n) is 1.65. The van der Waals surface area contributed by atoms with Gasteiger partial charge in [0.15, 0.2) is 0 Å². The second kappa shape index (κ2) is 3.12. The molecule has 0 fully saturated rings. The van der Waals surface area contributed by atoms with E-state index in [1.807, 2.05) is 13.8 Å². The Balaban J connectivity index is 0.000000640. The highest BCUT2D eigenvalue weighted by Crippen LogP contribution is 1.84. The van der Waals surface area contributed by atoms with E-state index in [1.165, 1.54) is 0 Å². The SMILES string of the molecule is C.Cc1cnc(C)nn1. The van der Waals surface area contributed by atoms with E-state index in [0.717, 1.165) is 11.5 Å². The van der Waals surface area contributed by atoms with Crippen molar-refractivity contribution in [2.24, 2.45) is 0 Å². The molecule has 3 nitrogen and oxygen atoms in total. The number of hydrogen-bond donors (Lipinski definition) is 0. The predicted molar refractivity (Wildman–Crippen MR) is 36.0 cm³/mol. The molecular formula is C6H11N3. The fourth-order valence-corrected chi connectivity index (χ4v) is 0.390. The highest BCUT2D eigenvalue weighted by atomic mass is 15.1. The molecule has 0 bridgehead atoms. The Labute approximate surface area is 55.2 Å². The maximum Gasteiger partial charge on any atom is 0.147 e. The molecule has 1 aromatic heterocycles. The van der Waals surface area contributed by atoms with Gasteiger partial charge in [-0.3, -0.25) is 0 Å². The lowest BCUT2D eigenvalue weighted by atomic mass is 10.5. The molecule has 0 spiro atoms. The van der Waals surface area contributed by atoms with E-state index in [-0.39, 0.29) is 7.43 Å². The zero-order chi connectivity index (χ0) is 5.98. The van der Waals surface area contributed by atoms with E-state index in [2.05, 4.69) is 15.2 Å². The third-order valence-corrected chi connectivity index (χ3v) is 0.791. The average Bonchev–Trinajstić information content (AvgIpc) is 1.77. The molecular weight excluding hydrogens is 114 g/mol. The predicted octanol–water partition coefficient (Wildman–Crippen LogP) is 1.12. The third-order valence-electron chi connectivity index (χ3n) is 0.791. The minimum atomic E-state index is 0. The summed E-state index contributed by atoms with van der Waals surface area (Å²) >= 11 is 0. The van der Waals surface area contributed by atoms with Gasteiger partial charge in [0, 0.05) is 0 Å². The van der Waals surface area contributed by atoms with Crippen molar-refractivity contribution < 1.29 is 0 Å². The summed E-state index contributed by atoms with van der Waals surface area (Å²) in [5.74, 6) is 0.718. The first-order valence-electron chi connectivity index (χ1n) is 2.42. The fourth-order valence-electron chi connectivity index (χ4n) is 0.390. The molecule has 3 heteroatoms. The number of hydrogen-bond acceptors (Lipinski definition) is 3. The van der Waals surface area contributed by atoms with Crippen molar-refractivity contribution in [3.8, 4) is 0 Å². The van der Waals surface area contributed by atoms with E-state index < -0.39 is 0 Å². The first-order valence-corrected chi connectivity index (χ1v) is 2.42. The summed E-state index contributed by atoms with van der Waals surface area (Å²) in [6, 6.07) is 0. The van der Waals surface area contributed by atoms with Crippen molar-refractivity contribution in [1.82, 2.24) is 15.2 Å². The first kappa shape index (κ1) is 8.01. The molecule has 0 saturated heterocycles. The van der Waals surface area contributed by atoms with E-state index in [4.69, 9.17) is 0 Å². The Hall–Kier alpha value is -0.990. The largest absolute Gasteiger partial charge is 0.238 e. The number of rotatable bonds is 0. The molecule has 0 aliphatic rings. The van der Waals surface area contributed by atoms with Gasteiger partial charge in [0.05, 0.1) is 11.9 Å². The normalized spacial score (nSPS) is 8.22. The van der Waals surface area contributed by atoms with Crippen LogP contribution in [0.3, 0.4) is 0 Å². The van der Waals surface area contributed by atoms with Gasteiger partial charge >= 0.3 is 0 Å². The summed E-state index contributed by atoms with van der Waals surface area (Å²) in [5, 5.41) is 7.48. The Bertz CT molecular complexity index is 147. The van der Waals surface area contributed by atoms with Crippen LogP contribution in [0.25, 0.3) is 0 Å². The van der Waals surface area contributed by atoms with E-state index in [0.29, 0.717) is 0 Å². The Kier molecular flexibility index (Phi) is 2.78. The van der Waals surface area contributed by atoms with Crippen LogP contribution >= 0.6 is 0 Å². The molecule has 0 aliphatic carbocycles. The Morgan fingerprint density at radius 3 is 2.22 bits per heavy atom. The molecule has 0 amide bonds. The fraction of sp³-hybridized carbons (Fsp3) is 0.500. The molecule has 50 valence electrons. The van der Waals surface area contributed by atoms with Gasteiger partial charge in [-0.05, 0) is 13.8 Å². The molecule has 0 aromatic carbocycles. The maximum absolute atomic E-state index is 3.91. The molecule has 0 N–H and O–H groups in total. The van der Waals surface area contributed by atoms with Crippen LogP contribution in [0.4, 0.5) is 0 Å². The highest BCUT2D eigenvalue weighted by Gasteiger charge is 1.84. The van der Waals surface area contributed by atoms with Crippen molar-refractivity contribution in [3.63, 3.8) is 0 Å². The first-order chi connectivity index (χ1) is 3.79. The molecule has 0 unspecified atom stereocenters. The van der Waals surface area contributed by atoms with Crippen LogP contribution in [0.15, 0.2) is 6.20 Å². The van der Waals surface area contributed by atoms with E-state index in [1.54, 1.807) is 6.20 Å². The van der Waals surface area contributed by atoms with Gasteiger partial charge < -0.3 is 0 Å². The van der Waals surface area contributed by atoms with Crippen LogP contribution in [0, 0.1) is 13.8 Å². The molecule has 9 heavy (non-hydrogen) atoms. The Morgan fingerprint density at radius 1 is 1.22 bits per heavy atom. The smallest absolute Gasteiger partial charge is 0.147 e. The third kappa shape index (κ3) is 2.17. The van der Waals surface area contributed by atoms with Gasteiger partial charge in [0.25, 0.3) is 0 Å². The second-order valence-corrected chi connectivity index (χ2v) is 1.65. The van der Waals surface area contributed by atoms with Gasteiger partial charge in [-0.15, -0.1) is 5.10 Å². The van der Waals surface area contributed by atoms with Crippen molar-refractivity contribution in [3.05, 3.63) is 17.7 Å². The monoisotopic (exact) mass is 125 g/mol. The molecule has 0 atom stereocenters. The van der Waals surface area contributed by atoms with Crippen LogP contribution < -0.4 is 0 Å². The van der Waals surface area contributed by atoms with Crippen molar-refractivity contribution >= 4 is 0 Å². The van der Waals surface area contributed by atoms with Crippen LogP contribution in [0.1, 0.15) is 18.9 Å². The lowest BCUT2D eigenvalue weighted by Gasteiger charge is -1.86. The maximum atomic E-state index is 3.91.